The molecule has 0 spiro atoms. The van der Waals surface area contributed by atoms with Crippen LogP contribution in [0, 0.1) is 5.92 Å². The van der Waals surface area contributed by atoms with E-state index in [-0.39, 0.29) is 23.4 Å². The second-order valence-electron chi connectivity index (χ2n) is 9.15. The Morgan fingerprint density at radius 1 is 0.914 bits per heavy atom. The molecule has 0 saturated carbocycles. The van der Waals surface area contributed by atoms with Gasteiger partial charge in [-0.25, -0.2) is 4.79 Å². The molecule has 2 atom stereocenters. The minimum absolute atomic E-state index is 0.0147. The summed E-state index contributed by atoms with van der Waals surface area (Å²) in [5, 5.41) is 6.52. The summed E-state index contributed by atoms with van der Waals surface area (Å²) in [4.78, 5) is 27.7. The zero-order valence-electron chi connectivity index (χ0n) is 20.0. The highest BCUT2D eigenvalue weighted by Crippen LogP contribution is 2.38. The molecule has 8 heteroatoms. The van der Waals surface area contributed by atoms with E-state index in [1.54, 1.807) is 20.3 Å². The van der Waals surface area contributed by atoms with Crippen molar-refractivity contribution < 1.29 is 14.3 Å². The molecule has 0 unspecified atom stereocenters. The van der Waals surface area contributed by atoms with E-state index in [1.165, 1.54) is 0 Å². The van der Waals surface area contributed by atoms with Crippen LogP contribution >= 0.6 is 0 Å². The Hall–Kier alpha value is -3.94. The number of ether oxygens (including phenoxy) is 2. The van der Waals surface area contributed by atoms with Crippen molar-refractivity contribution >= 4 is 17.4 Å². The normalized spacial score (nSPS) is 18.4. The number of benzene rings is 2. The van der Waals surface area contributed by atoms with E-state index >= 15 is 0 Å². The molecule has 2 bridgehead atoms. The number of carbonyl (C=O) groups excluding carboxylic acids is 1. The second kappa shape index (κ2) is 9.74. The van der Waals surface area contributed by atoms with Crippen LogP contribution in [0.25, 0.3) is 0 Å². The molecule has 0 radical (unpaired) electrons. The Morgan fingerprint density at radius 3 is 2.29 bits per heavy atom. The van der Waals surface area contributed by atoms with Gasteiger partial charge in [0.15, 0.2) is 0 Å². The van der Waals surface area contributed by atoms with Crippen molar-refractivity contribution in [3.8, 4) is 11.5 Å². The Kier molecular flexibility index (Phi) is 6.35. The van der Waals surface area contributed by atoms with Gasteiger partial charge in [0, 0.05) is 49.5 Å². The van der Waals surface area contributed by atoms with Gasteiger partial charge in [-0.15, -0.1) is 0 Å². The average Bonchev–Trinajstić information content (AvgIpc) is 2.89. The monoisotopic (exact) mass is 474 g/mol. The van der Waals surface area contributed by atoms with Crippen LogP contribution in [0.15, 0.2) is 65.5 Å². The maximum atomic E-state index is 13.1. The molecule has 2 aromatic carbocycles. The SMILES string of the molecule is COc1ccc(CNc2ccc(=O)n3c2[C@H]2C[C@@H](CN(C(=O)Nc4ccc(OC)cc4)C2)C3)cc1. The average molecular weight is 475 g/mol. The van der Waals surface area contributed by atoms with Gasteiger partial charge in [-0.1, -0.05) is 12.1 Å². The van der Waals surface area contributed by atoms with Crippen molar-refractivity contribution in [2.24, 2.45) is 5.92 Å². The number of fused-ring (bicyclic) bond motifs is 4. The number of hydrogen-bond donors (Lipinski definition) is 2. The number of anilines is 2. The van der Waals surface area contributed by atoms with E-state index in [0.717, 1.165) is 40.6 Å². The van der Waals surface area contributed by atoms with Gasteiger partial charge in [-0.05, 0) is 60.4 Å². The Morgan fingerprint density at radius 2 is 1.60 bits per heavy atom. The number of nitrogens with zero attached hydrogens (tertiary/aromatic N) is 2. The number of nitrogens with one attached hydrogen (secondary N) is 2. The fourth-order valence-electron chi connectivity index (χ4n) is 5.15. The number of piperidine rings is 1. The van der Waals surface area contributed by atoms with Gasteiger partial charge in [-0.2, -0.15) is 0 Å². The van der Waals surface area contributed by atoms with Crippen molar-refractivity contribution in [3.63, 3.8) is 0 Å². The van der Waals surface area contributed by atoms with Gasteiger partial charge in [0.25, 0.3) is 5.56 Å². The summed E-state index contributed by atoms with van der Waals surface area (Å²) in [7, 11) is 3.27. The van der Waals surface area contributed by atoms with E-state index < -0.39 is 0 Å². The standard InChI is InChI=1S/C27H30N4O4/c1-34-22-7-3-18(4-8-22)14-28-24-11-12-25(32)31-16-19-13-20(26(24)31)17-30(15-19)27(33)29-21-5-9-23(35-2)10-6-21/h3-12,19-20,28H,13-17H2,1-2H3,(H,29,33)/t19-,20-/m0/s1. The Balaban J connectivity index is 1.33. The number of pyridine rings is 1. The molecule has 2 aliphatic heterocycles. The third-order valence-electron chi connectivity index (χ3n) is 6.86. The van der Waals surface area contributed by atoms with Crippen LogP contribution in [0.4, 0.5) is 16.2 Å². The van der Waals surface area contributed by atoms with Crippen molar-refractivity contribution in [1.82, 2.24) is 9.47 Å². The maximum absolute atomic E-state index is 13.1. The second-order valence-corrected chi connectivity index (χ2v) is 9.15. The zero-order chi connectivity index (χ0) is 24.4. The van der Waals surface area contributed by atoms with Crippen LogP contribution in [-0.2, 0) is 13.1 Å². The molecule has 3 heterocycles. The highest BCUT2D eigenvalue weighted by molar-refractivity contribution is 5.89. The van der Waals surface area contributed by atoms with Crippen LogP contribution in [-0.4, -0.2) is 42.8 Å². The van der Waals surface area contributed by atoms with E-state index in [4.69, 9.17) is 9.47 Å². The van der Waals surface area contributed by atoms with Crippen LogP contribution in [0.3, 0.4) is 0 Å². The van der Waals surface area contributed by atoms with Crippen molar-refractivity contribution in [1.29, 1.82) is 0 Å². The molecule has 2 amide bonds. The minimum Gasteiger partial charge on any atom is -0.497 e. The summed E-state index contributed by atoms with van der Waals surface area (Å²) in [6.45, 7) is 2.45. The quantitative estimate of drug-likeness (QED) is 0.561. The minimum atomic E-state index is -0.121. The highest BCUT2D eigenvalue weighted by atomic mass is 16.5. The third kappa shape index (κ3) is 4.82. The first-order valence-corrected chi connectivity index (χ1v) is 11.8. The summed E-state index contributed by atoms with van der Waals surface area (Å²) in [5.74, 6) is 1.90. The van der Waals surface area contributed by atoms with Crippen LogP contribution in [0.5, 0.6) is 11.5 Å². The fourth-order valence-corrected chi connectivity index (χ4v) is 5.15. The number of carbonyl (C=O) groups is 1. The van der Waals surface area contributed by atoms with Gasteiger partial charge < -0.3 is 29.6 Å². The summed E-state index contributed by atoms with van der Waals surface area (Å²) < 4.78 is 12.3. The molecule has 0 aliphatic carbocycles. The summed E-state index contributed by atoms with van der Waals surface area (Å²) in [6.07, 6.45) is 0.965. The molecular weight excluding hydrogens is 444 g/mol. The lowest BCUT2D eigenvalue weighted by Crippen LogP contribution is -2.50. The zero-order valence-corrected chi connectivity index (χ0v) is 20.0. The summed E-state index contributed by atoms with van der Waals surface area (Å²) in [6, 6.07) is 18.6. The lowest BCUT2D eigenvalue weighted by molar-refractivity contribution is 0.140. The van der Waals surface area contributed by atoms with E-state index in [1.807, 2.05) is 64.1 Å². The first-order valence-electron chi connectivity index (χ1n) is 11.8. The number of rotatable bonds is 6. The van der Waals surface area contributed by atoms with Crippen molar-refractivity contribution in [3.05, 3.63) is 82.3 Å². The number of methoxy groups -OCH3 is 2. The van der Waals surface area contributed by atoms with Crippen molar-refractivity contribution in [2.75, 3.05) is 37.9 Å². The first-order chi connectivity index (χ1) is 17.0. The van der Waals surface area contributed by atoms with Crippen LogP contribution in [0.1, 0.15) is 23.6 Å². The molecule has 8 nitrogen and oxygen atoms in total. The fraction of sp³-hybridized carbons (Fsp3) is 0.333. The van der Waals surface area contributed by atoms with E-state index in [9.17, 15) is 9.59 Å². The third-order valence-corrected chi connectivity index (χ3v) is 6.86. The smallest absolute Gasteiger partial charge is 0.321 e. The Bertz CT molecular complexity index is 1250. The Labute approximate surface area is 204 Å². The van der Waals surface area contributed by atoms with Gasteiger partial charge in [0.2, 0.25) is 0 Å². The molecule has 35 heavy (non-hydrogen) atoms. The molecule has 1 fully saturated rings. The number of hydrogen-bond acceptors (Lipinski definition) is 5. The van der Waals surface area contributed by atoms with Crippen LogP contribution < -0.4 is 25.7 Å². The summed E-state index contributed by atoms with van der Waals surface area (Å²) >= 11 is 0. The predicted octanol–water partition coefficient (Wildman–Crippen LogP) is 4.13. The largest absolute Gasteiger partial charge is 0.497 e. The van der Waals surface area contributed by atoms with Crippen molar-refractivity contribution in [2.45, 2.75) is 25.4 Å². The van der Waals surface area contributed by atoms with Gasteiger partial charge in [0.1, 0.15) is 11.5 Å². The molecule has 1 aromatic heterocycles. The lowest BCUT2D eigenvalue weighted by Gasteiger charge is -2.43. The highest BCUT2D eigenvalue weighted by Gasteiger charge is 2.37. The number of urea groups is 1. The topological polar surface area (TPSA) is 84.8 Å². The molecule has 182 valence electrons. The van der Waals surface area contributed by atoms with Crippen LogP contribution in [0.2, 0.25) is 0 Å². The molecule has 2 aliphatic rings. The maximum Gasteiger partial charge on any atom is 0.321 e. The first kappa shape index (κ1) is 22.8. The molecule has 2 N–H and O–H groups in total. The lowest BCUT2D eigenvalue weighted by atomic mass is 9.82. The summed E-state index contributed by atoms with van der Waals surface area (Å²) in [5.41, 5.74) is 3.80. The molecular formula is C27H30N4O4. The predicted molar refractivity (Wildman–Crippen MR) is 135 cm³/mol. The molecule has 5 rings (SSSR count). The molecule has 1 saturated heterocycles. The number of likely N-dealkylation sites (tertiary alicyclic amines) is 1. The number of amides is 2. The van der Waals surface area contributed by atoms with E-state index in [0.29, 0.717) is 26.2 Å². The number of aromatic nitrogens is 1. The van der Waals surface area contributed by atoms with Gasteiger partial charge >= 0.3 is 6.03 Å². The van der Waals surface area contributed by atoms with Gasteiger partial charge in [0.05, 0.1) is 19.9 Å². The van der Waals surface area contributed by atoms with Gasteiger partial charge in [-0.3, -0.25) is 4.79 Å². The van der Waals surface area contributed by atoms with E-state index in [2.05, 4.69) is 10.6 Å². The molecule has 3 aromatic rings.